The Balaban J connectivity index is 1.70. The Morgan fingerprint density at radius 1 is 1.33 bits per heavy atom. The molecule has 1 atom stereocenters. The third-order valence-electron chi connectivity index (χ3n) is 4.62. The fourth-order valence-electron chi connectivity index (χ4n) is 3.15. The van der Waals surface area contributed by atoms with Gasteiger partial charge >= 0.3 is 0 Å². The predicted octanol–water partition coefficient (Wildman–Crippen LogP) is 2.25. The van der Waals surface area contributed by atoms with Crippen LogP contribution in [0.5, 0.6) is 0 Å². The standard InChI is InChI=1S/C16H23NO/c18-12-16(6-7-16)15-5-1-3-13(10-15)9-14-4-2-8-17-11-14/h1,3,5,10,14,17-18H,2,4,6-9,11-12H2. The van der Waals surface area contributed by atoms with Gasteiger partial charge < -0.3 is 10.4 Å². The second-order valence-electron chi connectivity index (χ2n) is 6.06. The third kappa shape index (κ3) is 2.45. The van der Waals surface area contributed by atoms with Gasteiger partial charge in [0.1, 0.15) is 0 Å². The van der Waals surface area contributed by atoms with E-state index in [0.29, 0.717) is 6.61 Å². The molecule has 1 aliphatic heterocycles. The van der Waals surface area contributed by atoms with E-state index in [1.807, 2.05) is 0 Å². The second kappa shape index (κ2) is 5.02. The summed E-state index contributed by atoms with van der Waals surface area (Å²) in [6, 6.07) is 8.92. The lowest BCUT2D eigenvalue weighted by molar-refractivity contribution is 0.255. The van der Waals surface area contributed by atoms with Gasteiger partial charge in [-0.15, -0.1) is 0 Å². The summed E-state index contributed by atoms with van der Waals surface area (Å²) in [5, 5.41) is 13.0. The molecule has 18 heavy (non-hydrogen) atoms. The SMILES string of the molecule is OCC1(c2cccc(CC3CCCNC3)c2)CC1. The van der Waals surface area contributed by atoms with Gasteiger partial charge in [0.05, 0.1) is 6.61 Å². The van der Waals surface area contributed by atoms with Crippen molar-refractivity contribution in [3.63, 3.8) is 0 Å². The van der Waals surface area contributed by atoms with Gasteiger partial charge in [-0.2, -0.15) is 0 Å². The van der Waals surface area contributed by atoms with Crippen molar-refractivity contribution < 1.29 is 5.11 Å². The van der Waals surface area contributed by atoms with Crippen LogP contribution in [0.3, 0.4) is 0 Å². The quantitative estimate of drug-likeness (QED) is 0.853. The maximum absolute atomic E-state index is 9.51. The molecule has 98 valence electrons. The molecule has 0 bridgehead atoms. The van der Waals surface area contributed by atoms with Crippen LogP contribution in [-0.2, 0) is 11.8 Å². The summed E-state index contributed by atoms with van der Waals surface area (Å²) < 4.78 is 0. The molecule has 1 unspecified atom stereocenters. The highest BCUT2D eigenvalue weighted by Gasteiger charge is 2.43. The fourth-order valence-corrected chi connectivity index (χ4v) is 3.15. The van der Waals surface area contributed by atoms with E-state index in [9.17, 15) is 5.11 Å². The fraction of sp³-hybridized carbons (Fsp3) is 0.625. The van der Waals surface area contributed by atoms with Crippen LogP contribution in [-0.4, -0.2) is 24.8 Å². The molecule has 1 aliphatic carbocycles. The van der Waals surface area contributed by atoms with Crippen molar-refractivity contribution in [2.24, 2.45) is 5.92 Å². The summed E-state index contributed by atoms with van der Waals surface area (Å²) in [6.07, 6.45) is 6.14. The van der Waals surface area contributed by atoms with Gasteiger partial charge in [-0.1, -0.05) is 24.3 Å². The van der Waals surface area contributed by atoms with E-state index >= 15 is 0 Å². The van der Waals surface area contributed by atoms with Gasteiger partial charge in [-0.25, -0.2) is 0 Å². The Kier molecular flexibility index (Phi) is 3.40. The second-order valence-corrected chi connectivity index (χ2v) is 6.06. The van der Waals surface area contributed by atoms with Crippen LogP contribution in [0, 0.1) is 5.92 Å². The minimum atomic E-state index is 0.112. The molecule has 1 aromatic carbocycles. The summed E-state index contributed by atoms with van der Waals surface area (Å²) in [4.78, 5) is 0. The zero-order valence-corrected chi connectivity index (χ0v) is 11.0. The molecular weight excluding hydrogens is 222 g/mol. The van der Waals surface area contributed by atoms with E-state index in [-0.39, 0.29) is 5.41 Å². The first-order valence-corrected chi connectivity index (χ1v) is 7.23. The van der Waals surface area contributed by atoms with Crippen LogP contribution in [0.1, 0.15) is 36.8 Å². The monoisotopic (exact) mass is 245 g/mol. The molecule has 2 heteroatoms. The number of hydrogen-bond acceptors (Lipinski definition) is 2. The average molecular weight is 245 g/mol. The van der Waals surface area contributed by atoms with Crippen LogP contribution in [0.25, 0.3) is 0 Å². The Morgan fingerprint density at radius 3 is 2.89 bits per heavy atom. The zero-order chi connectivity index (χ0) is 12.4. The summed E-state index contributed by atoms with van der Waals surface area (Å²) in [5.74, 6) is 0.790. The summed E-state index contributed by atoms with van der Waals surface area (Å²) in [6.45, 7) is 2.65. The minimum absolute atomic E-state index is 0.112. The Hall–Kier alpha value is -0.860. The molecule has 0 amide bonds. The molecule has 1 heterocycles. The normalized spacial score (nSPS) is 25.9. The first-order chi connectivity index (χ1) is 8.82. The summed E-state index contributed by atoms with van der Waals surface area (Å²) >= 11 is 0. The number of aliphatic hydroxyl groups is 1. The molecule has 2 N–H and O–H groups in total. The lowest BCUT2D eigenvalue weighted by atomic mass is 9.89. The molecule has 1 aromatic rings. The number of piperidine rings is 1. The minimum Gasteiger partial charge on any atom is -0.395 e. The lowest BCUT2D eigenvalue weighted by Crippen LogP contribution is -2.30. The van der Waals surface area contributed by atoms with Crippen molar-refractivity contribution in [2.75, 3.05) is 19.7 Å². The Morgan fingerprint density at radius 2 is 2.22 bits per heavy atom. The summed E-state index contributed by atoms with van der Waals surface area (Å²) in [7, 11) is 0. The van der Waals surface area contributed by atoms with E-state index in [2.05, 4.69) is 29.6 Å². The van der Waals surface area contributed by atoms with E-state index in [1.165, 1.54) is 36.9 Å². The molecule has 1 saturated heterocycles. The van der Waals surface area contributed by atoms with Crippen LogP contribution in [0.4, 0.5) is 0 Å². The van der Waals surface area contributed by atoms with Gasteiger partial charge in [-0.3, -0.25) is 0 Å². The van der Waals surface area contributed by atoms with Gasteiger partial charge in [0.15, 0.2) is 0 Å². The van der Waals surface area contributed by atoms with E-state index in [0.717, 1.165) is 25.3 Å². The average Bonchev–Trinajstić information content (AvgIpc) is 3.21. The van der Waals surface area contributed by atoms with Gasteiger partial charge in [-0.05, 0) is 62.2 Å². The smallest absolute Gasteiger partial charge is 0.0527 e. The Bertz CT molecular complexity index is 405. The zero-order valence-electron chi connectivity index (χ0n) is 11.0. The first-order valence-electron chi connectivity index (χ1n) is 7.23. The topological polar surface area (TPSA) is 32.3 Å². The van der Waals surface area contributed by atoms with Gasteiger partial charge in [0, 0.05) is 5.41 Å². The molecule has 2 aliphatic rings. The van der Waals surface area contributed by atoms with Crippen LogP contribution in [0.2, 0.25) is 0 Å². The largest absolute Gasteiger partial charge is 0.395 e. The molecule has 0 spiro atoms. The number of rotatable bonds is 4. The van der Waals surface area contributed by atoms with E-state index < -0.39 is 0 Å². The molecule has 0 aromatic heterocycles. The Labute approximate surface area is 109 Å². The van der Waals surface area contributed by atoms with Crippen molar-refractivity contribution >= 4 is 0 Å². The van der Waals surface area contributed by atoms with Crippen molar-refractivity contribution in [3.05, 3.63) is 35.4 Å². The maximum atomic E-state index is 9.51. The molecule has 3 rings (SSSR count). The van der Waals surface area contributed by atoms with Crippen LogP contribution >= 0.6 is 0 Å². The molecule has 0 radical (unpaired) electrons. The van der Waals surface area contributed by atoms with Crippen LogP contribution in [0.15, 0.2) is 24.3 Å². The van der Waals surface area contributed by atoms with Crippen LogP contribution < -0.4 is 5.32 Å². The third-order valence-corrected chi connectivity index (χ3v) is 4.62. The predicted molar refractivity (Wildman–Crippen MR) is 73.7 cm³/mol. The maximum Gasteiger partial charge on any atom is 0.0527 e. The highest BCUT2D eigenvalue weighted by molar-refractivity contribution is 5.35. The van der Waals surface area contributed by atoms with Gasteiger partial charge in [0.25, 0.3) is 0 Å². The number of benzene rings is 1. The summed E-state index contributed by atoms with van der Waals surface area (Å²) in [5.41, 5.74) is 2.91. The highest BCUT2D eigenvalue weighted by Crippen LogP contribution is 2.47. The lowest BCUT2D eigenvalue weighted by Gasteiger charge is -2.23. The van der Waals surface area contributed by atoms with E-state index in [4.69, 9.17) is 0 Å². The van der Waals surface area contributed by atoms with Crippen molar-refractivity contribution in [1.82, 2.24) is 5.32 Å². The number of nitrogens with one attached hydrogen (secondary N) is 1. The first kappa shape index (κ1) is 12.2. The van der Waals surface area contributed by atoms with Crippen molar-refractivity contribution in [2.45, 2.75) is 37.5 Å². The van der Waals surface area contributed by atoms with E-state index in [1.54, 1.807) is 0 Å². The number of hydrogen-bond donors (Lipinski definition) is 2. The van der Waals surface area contributed by atoms with Crippen molar-refractivity contribution in [1.29, 1.82) is 0 Å². The molecule has 2 nitrogen and oxygen atoms in total. The molecular formula is C16H23NO. The number of aliphatic hydroxyl groups excluding tert-OH is 1. The molecule has 2 fully saturated rings. The highest BCUT2D eigenvalue weighted by atomic mass is 16.3. The van der Waals surface area contributed by atoms with Gasteiger partial charge in [0.2, 0.25) is 0 Å². The van der Waals surface area contributed by atoms with Crippen molar-refractivity contribution in [3.8, 4) is 0 Å². The molecule has 1 saturated carbocycles.